The van der Waals surface area contributed by atoms with Crippen LogP contribution in [0.2, 0.25) is 0 Å². The Morgan fingerprint density at radius 2 is 2.33 bits per heavy atom. The van der Waals surface area contributed by atoms with E-state index in [-0.39, 0.29) is 0 Å². The lowest BCUT2D eigenvalue weighted by Gasteiger charge is -1.92. The van der Waals surface area contributed by atoms with E-state index in [1.807, 2.05) is 18.2 Å². The van der Waals surface area contributed by atoms with Gasteiger partial charge in [-0.05, 0) is 17.7 Å². The van der Waals surface area contributed by atoms with Crippen LogP contribution in [0.15, 0.2) is 18.2 Å². The summed E-state index contributed by atoms with van der Waals surface area (Å²) in [6, 6.07) is 6.02. The van der Waals surface area contributed by atoms with Crippen molar-refractivity contribution < 1.29 is 0 Å². The highest BCUT2D eigenvalue weighted by molar-refractivity contribution is 9.08. The first kappa shape index (κ1) is 7.61. The summed E-state index contributed by atoms with van der Waals surface area (Å²) in [4.78, 5) is 7.07. The van der Waals surface area contributed by atoms with Crippen LogP contribution >= 0.6 is 15.9 Å². The Labute approximate surface area is 78.1 Å². The van der Waals surface area contributed by atoms with Gasteiger partial charge in [-0.1, -0.05) is 22.0 Å². The van der Waals surface area contributed by atoms with Gasteiger partial charge < -0.3 is 10.7 Å². The number of H-pyrrole nitrogens is 1. The molecule has 1 heterocycles. The minimum Gasteiger partial charge on any atom is -0.369 e. The first-order chi connectivity index (χ1) is 5.79. The molecule has 2 aromatic rings. The first-order valence-corrected chi connectivity index (χ1v) is 4.72. The van der Waals surface area contributed by atoms with Crippen molar-refractivity contribution in [1.82, 2.24) is 9.97 Å². The zero-order chi connectivity index (χ0) is 8.55. The van der Waals surface area contributed by atoms with E-state index in [9.17, 15) is 0 Å². The number of nitrogens with two attached hydrogens (primary N) is 1. The van der Waals surface area contributed by atoms with Gasteiger partial charge in [0.2, 0.25) is 0 Å². The number of nitrogens with one attached hydrogen (secondary N) is 1. The number of alkyl halides is 1. The summed E-state index contributed by atoms with van der Waals surface area (Å²) in [6.45, 7) is 0. The Bertz CT molecular complexity index is 408. The molecule has 0 aliphatic carbocycles. The molecule has 0 fully saturated rings. The molecule has 62 valence electrons. The SMILES string of the molecule is Nc1nc2ccc(CBr)cc2[nH]1. The Kier molecular flexibility index (Phi) is 1.77. The van der Waals surface area contributed by atoms with Gasteiger partial charge in [0.1, 0.15) is 0 Å². The maximum absolute atomic E-state index is 5.50. The van der Waals surface area contributed by atoms with E-state index in [1.54, 1.807) is 0 Å². The van der Waals surface area contributed by atoms with Crippen LogP contribution < -0.4 is 5.73 Å². The average Bonchev–Trinajstić information content (AvgIpc) is 2.43. The number of fused-ring (bicyclic) bond motifs is 1. The largest absolute Gasteiger partial charge is 0.369 e. The molecule has 0 radical (unpaired) electrons. The second kappa shape index (κ2) is 2.79. The summed E-state index contributed by atoms with van der Waals surface area (Å²) in [6.07, 6.45) is 0. The quantitative estimate of drug-likeness (QED) is 0.731. The van der Waals surface area contributed by atoms with Crippen LogP contribution in [0.3, 0.4) is 0 Å². The van der Waals surface area contributed by atoms with Crippen molar-refractivity contribution >= 4 is 32.9 Å². The zero-order valence-corrected chi connectivity index (χ0v) is 7.93. The van der Waals surface area contributed by atoms with Crippen LogP contribution in [-0.2, 0) is 5.33 Å². The Morgan fingerprint density at radius 3 is 3.08 bits per heavy atom. The minimum atomic E-state index is 0.469. The molecule has 1 aromatic heterocycles. The van der Waals surface area contributed by atoms with Crippen LogP contribution in [0.25, 0.3) is 11.0 Å². The van der Waals surface area contributed by atoms with Crippen molar-refractivity contribution in [3.05, 3.63) is 23.8 Å². The molecule has 0 amide bonds. The van der Waals surface area contributed by atoms with Crippen LogP contribution in [0.5, 0.6) is 0 Å². The molecule has 0 saturated heterocycles. The van der Waals surface area contributed by atoms with Gasteiger partial charge in [-0.15, -0.1) is 0 Å². The molecule has 0 unspecified atom stereocenters. The number of imidazole rings is 1. The number of anilines is 1. The van der Waals surface area contributed by atoms with Crippen LogP contribution in [0.4, 0.5) is 5.95 Å². The molecule has 1 aromatic carbocycles. The van der Waals surface area contributed by atoms with Crippen molar-refractivity contribution in [3.63, 3.8) is 0 Å². The number of nitrogens with zero attached hydrogens (tertiary/aromatic N) is 1. The number of rotatable bonds is 1. The molecule has 0 spiro atoms. The van der Waals surface area contributed by atoms with E-state index < -0.39 is 0 Å². The van der Waals surface area contributed by atoms with E-state index in [0.29, 0.717) is 5.95 Å². The summed E-state index contributed by atoms with van der Waals surface area (Å²) < 4.78 is 0. The molecule has 3 N–H and O–H groups in total. The Balaban J connectivity index is 2.66. The van der Waals surface area contributed by atoms with E-state index >= 15 is 0 Å². The van der Waals surface area contributed by atoms with Crippen molar-refractivity contribution in [2.24, 2.45) is 0 Å². The number of hydrogen-bond acceptors (Lipinski definition) is 2. The third-order valence-corrected chi connectivity index (χ3v) is 2.37. The first-order valence-electron chi connectivity index (χ1n) is 3.59. The third-order valence-electron chi connectivity index (χ3n) is 1.72. The van der Waals surface area contributed by atoms with Crippen LogP contribution in [0, 0.1) is 0 Å². The zero-order valence-electron chi connectivity index (χ0n) is 6.34. The van der Waals surface area contributed by atoms with E-state index in [4.69, 9.17) is 5.73 Å². The number of benzene rings is 1. The number of aromatic amines is 1. The van der Waals surface area contributed by atoms with E-state index in [1.165, 1.54) is 5.56 Å². The number of halogens is 1. The molecule has 3 nitrogen and oxygen atoms in total. The van der Waals surface area contributed by atoms with Gasteiger partial charge in [0, 0.05) is 5.33 Å². The van der Waals surface area contributed by atoms with Gasteiger partial charge >= 0.3 is 0 Å². The topological polar surface area (TPSA) is 54.7 Å². The molecule has 2 rings (SSSR count). The summed E-state index contributed by atoms with van der Waals surface area (Å²) in [5.41, 5.74) is 8.62. The highest BCUT2D eigenvalue weighted by Crippen LogP contribution is 2.15. The lowest BCUT2D eigenvalue weighted by atomic mass is 10.2. The molecule has 0 atom stereocenters. The summed E-state index contributed by atoms with van der Waals surface area (Å²) in [7, 11) is 0. The second-order valence-corrected chi connectivity index (χ2v) is 3.17. The minimum absolute atomic E-state index is 0.469. The van der Waals surface area contributed by atoms with Gasteiger partial charge in [-0.25, -0.2) is 4.98 Å². The Hall–Kier alpha value is -1.03. The highest BCUT2D eigenvalue weighted by atomic mass is 79.9. The summed E-state index contributed by atoms with van der Waals surface area (Å²) >= 11 is 3.38. The maximum atomic E-state index is 5.50. The molecule has 12 heavy (non-hydrogen) atoms. The predicted octanol–water partition coefficient (Wildman–Crippen LogP) is 2.04. The van der Waals surface area contributed by atoms with Crippen molar-refractivity contribution in [1.29, 1.82) is 0 Å². The fraction of sp³-hybridized carbons (Fsp3) is 0.125. The monoisotopic (exact) mass is 225 g/mol. The number of nitrogen functional groups attached to an aromatic ring is 1. The number of hydrogen-bond donors (Lipinski definition) is 2. The predicted molar refractivity (Wildman–Crippen MR) is 53.1 cm³/mol. The Morgan fingerprint density at radius 1 is 1.50 bits per heavy atom. The molecular weight excluding hydrogens is 218 g/mol. The fourth-order valence-electron chi connectivity index (χ4n) is 1.16. The molecule has 4 heteroatoms. The second-order valence-electron chi connectivity index (χ2n) is 2.61. The lowest BCUT2D eigenvalue weighted by Crippen LogP contribution is -1.84. The summed E-state index contributed by atoms with van der Waals surface area (Å²) in [5.74, 6) is 0.469. The van der Waals surface area contributed by atoms with Gasteiger partial charge in [0.05, 0.1) is 11.0 Å². The fourth-order valence-corrected chi connectivity index (χ4v) is 1.51. The van der Waals surface area contributed by atoms with Crippen LogP contribution in [-0.4, -0.2) is 9.97 Å². The van der Waals surface area contributed by atoms with Gasteiger partial charge in [0.15, 0.2) is 5.95 Å². The number of aromatic nitrogens is 2. The van der Waals surface area contributed by atoms with E-state index in [0.717, 1.165) is 16.4 Å². The van der Waals surface area contributed by atoms with Crippen molar-refractivity contribution in [2.45, 2.75) is 5.33 Å². The smallest absolute Gasteiger partial charge is 0.198 e. The van der Waals surface area contributed by atoms with E-state index in [2.05, 4.69) is 25.9 Å². The van der Waals surface area contributed by atoms with Crippen molar-refractivity contribution in [2.75, 3.05) is 5.73 Å². The molecule has 0 aliphatic rings. The maximum Gasteiger partial charge on any atom is 0.198 e. The standard InChI is InChI=1S/C8H8BrN3/c9-4-5-1-2-6-7(3-5)12-8(10)11-6/h1-3H,4H2,(H3,10,11,12). The summed E-state index contributed by atoms with van der Waals surface area (Å²) in [5, 5.41) is 0.849. The molecule has 0 bridgehead atoms. The van der Waals surface area contributed by atoms with Gasteiger partial charge in [0.25, 0.3) is 0 Å². The molecule has 0 saturated carbocycles. The molecular formula is C8H8BrN3. The highest BCUT2D eigenvalue weighted by Gasteiger charge is 1.99. The molecule has 0 aliphatic heterocycles. The average molecular weight is 226 g/mol. The van der Waals surface area contributed by atoms with Gasteiger partial charge in [-0.2, -0.15) is 0 Å². The van der Waals surface area contributed by atoms with Gasteiger partial charge in [-0.3, -0.25) is 0 Å². The normalized spacial score (nSPS) is 10.8. The lowest BCUT2D eigenvalue weighted by molar-refractivity contribution is 1.35. The third kappa shape index (κ3) is 1.18. The van der Waals surface area contributed by atoms with Crippen LogP contribution in [0.1, 0.15) is 5.56 Å². The van der Waals surface area contributed by atoms with Crippen molar-refractivity contribution in [3.8, 4) is 0 Å².